The van der Waals surface area contributed by atoms with Gasteiger partial charge in [0.2, 0.25) is 5.91 Å². The average Bonchev–Trinajstić information content (AvgIpc) is 2.59. The number of carbonyl (C=O) groups is 1. The van der Waals surface area contributed by atoms with Gasteiger partial charge < -0.3 is 9.64 Å². The van der Waals surface area contributed by atoms with Crippen LogP contribution < -0.4 is 0 Å². The van der Waals surface area contributed by atoms with E-state index >= 15 is 0 Å². The molecule has 3 nitrogen and oxygen atoms in total. The third-order valence-corrected chi connectivity index (χ3v) is 5.27. The van der Waals surface area contributed by atoms with Crippen LogP contribution in [0.2, 0.25) is 0 Å². The summed E-state index contributed by atoms with van der Waals surface area (Å²) >= 11 is 0. The van der Waals surface area contributed by atoms with E-state index in [0.29, 0.717) is 18.2 Å². The summed E-state index contributed by atoms with van der Waals surface area (Å²) in [6.07, 6.45) is 4.71. The molecule has 140 valence electrons. The number of carbonyl (C=O) groups excluding carboxylic acids is 1. The van der Waals surface area contributed by atoms with Crippen molar-refractivity contribution in [2.45, 2.75) is 71.3 Å². The maximum Gasteiger partial charge on any atom is 0.223 e. The second kappa shape index (κ2) is 9.38. The minimum atomic E-state index is -0.0917. The number of amides is 1. The molecule has 0 spiro atoms. The maximum absolute atomic E-state index is 13.0. The van der Waals surface area contributed by atoms with E-state index in [2.05, 4.69) is 62.9 Å². The highest BCUT2D eigenvalue weighted by molar-refractivity contribution is 5.77. The van der Waals surface area contributed by atoms with Crippen molar-refractivity contribution in [2.75, 3.05) is 19.7 Å². The molecule has 2 rings (SSSR count). The molecule has 0 aromatic heterocycles. The lowest BCUT2D eigenvalue weighted by Gasteiger charge is -2.39. The molecule has 0 saturated carbocycles. The Morgan fingerprint density at radius 3 is 2.40 bits per heavy atom. The topological polar surface area (TPSA) is 29.5 Å². The lowest BCUT2D eigenvalue weighted by atomic mass is 9.75. The van der Waals surface area contributed by atoms with E-state index in [4.69, 9.17) is 4.74 Å². The van der Waals surface area contributed by atoms with Gasteiger partial charge in [-0.25, -0.2) is 0 Å². The highest BCUT2D eigenvalue weighted by Crippen LogP contribution is 2.40. The first-order valence-corrected chi connectivity index (χ1v) is 9.93. The van der Waals surface area contributed by atoms with Gasteiger partial charge in [-0.3, -0.25) is 4.79 Å². The smallest absolute Gasteiger partial charge is 0.223 e. The van der Waals surface area contributed by atoms with Crippen LogP contribution in [0.25, 0.3) is 0 Å². The van der Waals surface area contributed by atoms with Crippen LogP contribution >= 0.6 is 0 Å². The fourth-order valence-corrected chi connectivity index (χ4v) is 4.10. The summed E-state index contributed by atoms with van der Waals surface area (Å²) in [4.78, 5) is 15.1. The Kier molecular flexibility index (Phi) is 7.49. The summed E-state index contributed by atoms with van der Waals surface area (Å²) in [5.41, 5.74) is 1.21. The van der Waals surface area contributed by atoms with E-state index in [0.717, 1.165) is 45.4 Å². The predicted octanol–water partition coefficient (Wildman–Crippen LogP) is 5.01. The van der Waals surface area contributed by atoms with Crippen LogP contribution in [-0.4, -0.2) is 36.1 Å². The van der Waals surface area contributed by atoms with Crippen molar-refractivity contribution in [3.8, 4) is 0 Å². The third kappa shape index (κ3) is 5.85. The quantitative estimate of drug-likeness (QED) is 0.662. The Bertz CT molecular complexity index is 520. The van der Waals surface area contributed by atoms with Crippen molar-refractivity contribution in [3.05, 3.63) is 35.9 Å². The minimum absolute atomic E-state index is 0.0917. The fourth-order valence-electron chi connectivity index (χ4n) is 4.10. The first kappa shape index (κ1) is 20.0. The monoisotopic (exact) mass is 345 g/mol. The van der Waals surface area contributed by atoms with E-state index in [1.165, 1.54) is 5.56 Å². The molecule has 0 bridgehead atoms. The zero-order valence-electron chi connectivity index (χ0n) is 16.5. The summed E-state index contributed by atoms with van der Waals surface area (Å²) in [7, 11) is 0. The molecule has 0 unspecified atom stereocenters. The van der Waals surface area contributed by atoms with Crippen molar-refractivity contribution in [1.29, 1.82) is 0 Å². The van der Waals surface area contributed by atoms with Crippen LogP contribution in [0.1, 0.15) is 71.3 Å². The van der Waals surface area contributed by atoms with Crippen LogP contribution in [0.3, 0.4) is 0 Å². The lowest BCUT2D eigenvalue weighted by molar-refractivity contribution is -0.133. The van der Waals surface area contributed by atoms with Crippen molar-refractivity contribution < 1.29 is 9.53 Å². The molecule has 1 aliphatic rings. The molecular formula is C22H35NO2. The van der Waals surface area contributed by atoms with Gasteiger partial charge in [-0.05, 0) is 56.9 Å². The Hall–Kier alpha value is -1.35. The zero-order chi connectivity index (χ0) is 18.3. The molecule has 0 aliphatic carbocycles. The van der Waals surface area contributed by atoms with Crippen molar-refractivity contribution >= 4 is 5.91 Å². The Morgan fingerprint density at radius 1 is 1.20 bits per heavy atom. The van der Waals surface area contributed by atoms with Crippen molar-refractivity contribution in [3.63, 3.8) is 0 Å². The molecule has 0 radical (unpaired) electrons. The molecular weight excluding hydrogens is 310 g/mol. The van der Waals surface area contributed by atoms with E-state index < -0.39 is 0 Å². The second-order valence-corrected chi connectivity index (χ2v) is 7.96. The molecule has 3 heteroatoms. The molecule has 1 aromatic carbocycles. The van der Waals surface area contributed by atoms with Gasteiger partial charge in [0, 0.05) is 26.1 Å². The second-order valence-electron chi connectivity index (χ2n) is 7.96. The number of ether oxygens (including phenoxy) is 1. The van der Waals surface area contributed by atoms with Gasteiger partial charge in [-0.2, -0.15) is 0 Å². The van der Waals surface area contributed by atoms with Gasteiger partial charge in [0.05, 0.1) is 5.60 Å². The molecule has 1 fully saturated rings. The van der Waals surface area contributed by atoms with Gasteiger partial charge in [0.1, 0.15) is 0 Å². The average molecular weight is 346 g/mol. The number of hydrogen-bond donors (Lipinski definition) is 0. The summed E-state index contributed by atoms with van der Waals surface area (Å²) in [6.45, 7) is 11.2. The van der Waals surface area contributed by atoms with Gasteiger partial charge >= 0.3 is 0 Å². The number of benzene rings is 1. The van der Waals surface area contributed by atoms with Crippen LogP contribution in [0.15, 0.2) is 30.3 Å². The summed E-state index contributed by atoms with van der Waals surface area (Å²) < 4.78 is 5.92. The summed E-state index contributed by atoms with van der Waals surface area (Å²) in [5, 5.41) is 0. The summed E-state index contributed by atoms with van der Waals surface area (Å²) in [6, 6.07) is 10.6. The lowest BCUT2D eigenvalue weighted by Crippen LogP contribution is -2.39. The molecule has 2 atom stereocenters. The van der Waals surface area contributed by atoms with Gasteiger partial charge in [-0.1, -0.05) is 44.2 Å². The zero-order valence-corrected chi connectivity index (χ0v) is 16.5. The standard InChI is InChI=1S/C22H35NO2/c1-5-13-23(14-6-2)21(24)16-20(18-10-8-7-9-11-18)19-12-15-25-22(3,4)17-19/h7-11,19-20H,5-6,12-17H2,1-4H3/t19-,20+/m1/s1. The Morgan fingerprint density at radius 2 is 1.84 bits per heavy atom. The van der Waals surface area contributed by atoms with E-state index in [1.54, 1.807) is 0 Å². The van der Waals surface area contributed by atoms with Crippen LogP contribution in [-0.2, 0) is 9.53 Å². The van der Waals surface area contributed by atoms with Crippen molar-refractivity contribution in [1.82, 2.24) is 4.90 Å². The molecule has 0 N–H and O–H groups in total. The van der Waals surface area contributed by atoms with Gasteiger partial charge in [0.15, 0.2) is 0 Å². The normalized spacial score (nSPS) is 20.9. The molecule has 1 aromatic rings. The van der Waals surface area contributed by atoms with Crippen molar-refractivity contribution in [2.24, 2.45) is 5.92 Å². The van der Waals surface area contributed by atoms with Crippen LogP contribution in [0.5, 0.6) is 0 Å². The molecule has 25 heavy (non-hydrogen) atoms. The Balaban J connectivity index is 2.18. The van der Waals surface area contributed by atoms with Crippen LogP contribution in [0.4, 0.5) is 0 Å². The number of hydrogen-bond acceptors (Lipinski definition) is 2. The SMILES string of the molecule is CCCN(CCC)C(=O)C[C@@H](c1ccccc1)[C@@H]1CCOC(C)(C)C1. The molecule has 1 heterocycles. The maximum atomic E-state index is 13.0. The fraction of sp³-hybridized carbons (Fsp3) is 0.682. The Labute approximate surface area is 153 Å². The predicted molar refractivity (Wildman–Crippen MR) is 104 cm³/mol. The number of nitrogens with zero attached hydrogens (tertiary/aromatic N) is 1. The number of rotatable bonds is 8. The highest BCUT2D eigenvalue weighted by atomic mass is 16.5. The van der Waals surface area contributed by atoms with E-state index in [1.807, 2.05) is 0 Å². The highest BCUT2D eigenvalue weighted by Gasteiger charge is 2.35. The largest absolute Gasteiger partial charge is 0.376 e. The molecule has 1 aliphatic heterocycles. The summed E-state index contributed by atoms with van der Waals surface area (Å²) in [5.74, 6) is 1.09. The first-order chi connectivity index (χ1) is 12.0. The van der Waals surface area contributed by atoms with E-state index in [9.17, 15) is 4.79 Å². The van der Waals surface area contributed by atoms with E-state index in [-0.39, 0.29) is 11.5 Å². The first-order valence-electron chi connectivity index (χ1n) is 9.93. The van der Waals surface area contributed by atoms with Crippen LogP contribution in [0, 0.1) is 5.92 Å². The third-order valence-electron chi connectivity index (χ3n) is 5.27. The van der Waals surface area contributed by atoms with Gasteiger partial charge in [-0.15, -0.1) is 0 Å². The molecule has 1 saturated heterocycles. The van der Waals surface area contributed by atoms with Gasteiger partial charge in [0.25, 0.3) is 0 Å². The molecule has 1 amide bonds. The minimum Gasteiger partial charge on any atom is -0.376 e.